The minimum Gasteiger partial charge on any atom is -0.356 e. The molecular weight excluding hydrogens is 368 g/mol. The van der Waals surface area contributed by atoms with Gasteiger partial charge < -0.3 is 10.6 Å². The maximum Gasteiger partial charge on any atom is 0.221 e. The molecular formula is C16H25ClN2O3S2. The molecule has 1 aromatic rings. The Balaban J connectivity index is 0.00000288. The van der Waals surface area contributed by atoms with Crippen molar-refractivity contribution >= 4 is 39.9 Å². The Morgan fingerprint density at radius 2 is 2.04 bits per heavy atom. The first-order valence-electron chi connectivity index (χ1n) is 7.87. The second-order valence-corrected chi connectivity index (χ2v) is 9.05. The van der Waals surface area contributed by atoms with Crippen LogP contribution in [0.3, 0.4) is 0 Å². The second kappa shape index (κ2) is 11.0. The van der Waals surface area contributed by atoms with Gasteiger partial charge in [0.25, 0.3) is 0 Å². The molecule has 2 N–H and O–H groups in total. The molecule has 5 nitrogen and oxygen atoms in total. The predicted molar refractivity (Wildman–Crippen MR) is 103 cm³/mol. The number of nitrogens with one attached hydrogen (secondary N) is 2. The van der Waals surface area contributed by atoms with Gasteiger partial charge in [0.15, 0.2) is 9.84 Å². The molecule has 1 unspecified atom stereocenters. The highest BCUT2D eigenvalue weighted by Crippen LogP contribution is 2.10. The maximum atomic E-state index is 12.0. The van der Waals surface area contributed by atoms with Crippen LogP contribution in [0.5, 0.6) is 0 Å². The van der Waals surface area contributed by atoms with E-state index in [0.717, 1.165) is 23.6 Å². The number of rotatable bonds is 8. The van der Waals surface area contributed by atoms with Gasteiger partial charge >= 0.3 is 0 Å². The van der Waals surface area contributed by atoms with Crippen molar-refractivity contribution < 1.29 is 13.2 Å². The number of thioether (sulfide) groups is 1. The second-order valence-electron chi connectivity index (χ2n) is 5.71. The third kappa shape index (κ3) is 8.37. The molecule has 0 saturated carbocycles. The Bertz CT molecular complexity index is 591. The van der Waals surface area contributed by atoms with Gasteiger partial charge in [0.1, 0.15) is 0 Å². The van der Waals surface area contributed by atoms with Crippen molar-refractivity contribution in [3.05, 3.63) is 35.9 Å². The molecule has 1 amide bonds. The van der Waals surface area contributed by atoms with E-state index in [0.29, 0.717) is 19.4 Å². The molecule has 1 heterocycles. The molecule has 2 rings (SSSR count). The fraction of sp³-hybridized carbons (Fsp3) is 0.562. The van der Waals surface area contributed by atoms with Gasteiger partial charge in [-0.1, -0.05) is 30.3 Å². The van der Waals surface area contributed by atoms with E-state index in [4.69, 9.17) is 0 Å². The molecule has 1 aromatic carbocycles. The number of benzene rings is 1. The summed E-state index contributed by atoms with van der Waals surface area (Å²) in [6, 6.07) is 9.40. The lowest BCUT2D eigenvalue weighted by molar-refractivity contribution is -0.121. The normalized spacial score (nSPS) is 17.8. The van der Waals surface area contributed by atoms with Crippen LogP contribution >= 0.6 is 24.2 Å². The summed E-state index contributed by atoms with van der Waals surface area (Å²) in [5.41, 5.74) is 0.803. The summed E-state index contributed by atoms with van der Waals surface area (Å²) in [6.45, 7) is 1.35. The summed E-state index contributed by atoms with van der Waals surface area (Å²) in [7, 11) is -3.13. The average Bonchev–Trinajstić information content (AvgIpc) is 2.53. The van der Waals surface area contributed by atoms with E-state index in [-0.39, 0.29) is 35.9 Å². The number of hydrogen-bond acceptors (Lipinski definition) is 5. The van der Waals surface area contributed by atoms with Gasteiger partial charge in [-0.3, -0.25) is 4.79 Å². The molecule has 1 fully saturated rings. The van der Waals surface area contributed by atoms with Gasteiger partial charge in [-0.2, -0.15) is 11.8 Å². The first-order chi connectivity index (χ1) is 11.1. The van der Waals surface area contributed by atoms with Crippen molar-refractivity contribution in [3.63, 3.8) is 0 Å². The van der Waals surface area contributed by atoms with E-state index in [9.17, 15) is 13.2 Å². The summed E-state index contributed by atoms with van der Waals surface area (Å²) in [6.07, 6.45) is 0.914. The van der Waals surface area contributed by atoms with Crippen molar-refractivity contribution in [3.8, 4) is 0 Å². The molecule has 0 aromatic heterocycles. The fourth-order valence-electron chi connectivity index (χ4n) is 2.47. The number of carbonyl (C=O) groups is 1. The van der Waals surface area contributed by atoms with Crippen LogP contribution in [-0.2, 0) is 20.4 Å². The van der Waals surface area contributed by atoms with E-state index in [1.165, 1.54) is 0 Å². The summed E-state index contributed by atoms with van der Waals surface area (Å²) >= 11 is 1.86. The smallest absolute Gasteiger partial charge is 0.221 e. The summed E-state index contributed by atoms with van der Waals surface area (Å²) in [5.74, 6) is 2.20. The Morgan fingerprint density at radius 3 is 2.71 bits per heavy atom. The van der Waals surface area contributed by atoms with E-state index in [1.54, 1.807) is 0 Å². The third-order valence-electron chi connectivity index (χ3n) is 3.61. The Hall–Kier alpha value is -0.760. The molecule has 1 aliphatic rings. The van der Waals surface area contributed by atoms with Gasteiger partial charge in [0, 0.05) is 37.1 Å². The average molecular weight is 393 g/mol. The van der Waals surface area contributed by atoms with Gasteiger partial charge in [-0.25, -0.2) is 8.42 Å². The summed E-state index contributed by atoms with van der Waals surface area (Å²) < 4.78 is 24.1. The van der Waals surface area contributed by atoms with Crippen LogP contribution in [0, 0.1) is 0 Å². The topological polar surface area (TPSA) is 75.3 Å². The fourth-order valence-corrected chi connectivity index (χ4v) is 4.84. The van der Waals surface area contributed by atoms with Crippen molar-refractivity contribution in [1.29, 1.82) is 0 Å². The maximum absolute atomic E-state index is 12.0. The van der Waals surface area contributed by atoms with Crippen LogP contribution in [0.1, 0.15) is 18.4 Å². The predicted octanol–water partition coefficient (Wildman–Crippen LogP) is 1.62. The molecule has 1 aliphatic heterocycles. The number of halogens is 1. The molecule has 24 heavy (non-hydrogen) atoms. The van der Waals surface area contributed by atoms with Crippen molar-refractivity contribution in [2.45, 2.75) is 24.6 Å². The van der Waals surface area contributed by atoms with Crippen molar-refractivity contribution in [1.82, 2.24) is 10.6 Å². The summed E-state index contributed by atoms with van der Waals surface area (Å²) in [4.78, 5) is 11.8. The zero-order valence-electron chi connectivity index (χ0n) is 13.6. The lowest BCUT2D eigenvalue weighted by atomic mass is 10.2. The molecule has 0 radical (unpaired) electrons. The number of amides is 1. The largest absolute Gasteiger partial charge is 0.356 e. The number of carbonyl (C=O) groups excluding carboxylic acids is 1. The van der Waals surface area contributed by atoms with E-state index in [1.807, 2.05) is 42.1 Å². The minimum absolute atomic E-state index is 0. The first-order valence-corrected chi connectivity index (χ1v) is 10.8. The molecule has 1 atom stereocenters. The molecule has 0 bridgehead atoms. The summed E-state index contributed by atoms with van der Waals surface area (Å²) in [5, 5.41) is 6.13. The third-order valence-corrected chi connectivity index (χ3v) is 6.43. The Kier molecular flexibility index (Phi) is 9.73. The molecule has 8 heteroatoms. The van der Waals surface area contributed by atoms with Crippen LogP contribution in [0.2, 0.25) is 0 Å². The van der Waals surface area contributed by atoms with Crippen LogP contribution in [0.4, 0.5) is 0 Å². The molecule has 0 spiro atoms. The van der Waals surface area contributed by atoms with Gasteiger partial charge in [0.2, 0.25) is 5.91 Å². The van der Waals surface area contributed by atoms with Gasteiger partial charge in [-0.05, 0) is 12.0 Å². The number of sulfone groups is 1. The van der Waals surface area contributed by atoms with Crippen molar-refractivity contribution in [2.75, 3.05) is 30.3 Å². The quantitative estimate of drug-likeness (QED) is 0.657. The van der Waals surface area contributed by atoms with Gasteiger partial charge in [0.05, 0.1) is 11.5 Å². The minimum atomic E-state index is -3.13. The van der Waals surface area contributed by atoms with E-state index < -0.39 is 9.84 Å². The zero-order valence-corrected chi connectivity index (χ0v) is 16.0. The van der Waals surface area contributed by atoms with Crippen LogP contribution in [-0.4, -0.2) is 50.7 Å². The lowest BCUT2D eigenvalue weighted by Gasteiger charge is -2.22. The van der Waals surface area contributed by atoms with Crippen LogP contribution < -0.4 is 10.6 Å². The highest BCUT2D eigenvalue weighted by molar-refractivity contribution is 7.99. The highest BCUT2D eigenvalue weighted by atomic mass is 35.5. The van der Waals surface area contributed by atoms with Crippen LogP contribution in [0.15, 0.2) is 30.3 Å². The van der Waals surface area contributed by atoms with E-state index >= 15 is 0 Å². The molecule has 0 aliphatic carbocycles. The van der Waals surface area contributed by atoms with Crippen molar-refractivity contribution in [2.24, 2.45) is 0 Å². The first kappa shape index (κ1) is 21.3. The number of hydrogen-bond donors (Lipinski definition) is 2. The van der Waals surface area contributed by atoms with E-state index in [2.05, 4.69) is 10.6 Å². The Labute approximate surface area is 154 Å². The lowest BCUT2D eigenvalue weighted by Crippen LogP contribution is -2.41. The zero-order chi connectivity index (χ0) is 16.5. The monoisotopic (exact) mass is 392 g/mol. The standard InChI is InChI=1S/C16H24N2O3S2.ClH/c19-16(11-15-12-22-9-8-17-15)18-7-4-10-23(20,21)13-14-5-2-1-3-6-14;/h1-3,5-6,15,17H,4,7-13H2,(H,18,19);1H. The van der Waals surface area contributed by atoms with Gasteiger partial charge in [-0.15, -0.1) is 12.4 Å². The highest BCUT2D eigenvalue weighted by Gasteiger charge is 2.17. The molecule has 136 valence electrons. The Morgan fingerprint density at radius 1 is 1.29 bits per heavy atom. The SMILES string of the molecule is Cl.O=C(CC1CSCCN1)NCCCS(=O)(=O)Cc1ccccc1. The molecule has 1 saturated heterocycles. The van der Waals surface area contributed by atoms with Crippen LogP contribution in [0.25, 0.3) is 0 Å².